The van der Waals surface area contributed by atoms with Crippen molar-refractivity contribution in [1.29, 1.82) is 0 Å². The van der Waals surface area contributed by atoms with Gasteiger partial charge in [0.05, 0.1) is 0 Å². The molecule has 0 aromatic carbocycles. The average molecular weight is 268 g/mol. The number of rotatable bonds is 2. The summed E-state index contributed by atoms with van der Waals surface area (Å²) in [4.78, 5) is 11.6. The molecule has 1 heterocycles. The molecule has 2 N–H and O–H groups in total. The van der Waals surface area contributed by atoms with E-state index in [-0.39, 0.29) is 6.09 Å². The molecule has 0 spiro atoms. The minimum Gasteiger partial charge on any atom is -0.444 e. The normalized spacial score (nSPS) is 31.4. The van der Waals surface area contributed by atoms with Crippen molar-refractivity contribution in [3.8, 4) is 0 Å². The molecule has 0 unspecified atom stereocenters. The van der Waals surface area contributed by atoms with Crippen LogP contribution in [-0.2, 0) is 4.74 Å². The fourth-order valence-corrected chi connectivity index (χ4v) is 3.29. The van der Waals surface area contributed by atoms with Crippen LogP contribution in [0.3, 0.4) is 0 Å². The predicted molar refractivity (Wildman–Crippen MR) is 76.1 cm³/mol. The Labute approximate surface area is 116 Å². The van der Waals surface area contributed by atoms with E-state index in [2.05, 4.69) is 10.6 Å². The van der Waals surface area contributed by atoms with E-state index in [0.29, 0.717) is 5.92 Å². The average Bonchev–Trinajstić information content (AvgIpc) is 2.34. The molecule has 4 heteroatoms. The van der Waals surface area contributed by atoms with Crippen molar-refractivity contribution in [3.63, 3.8) is 0 Å². The Morgan fingerprint density at radius 1 is 1.32 bits per heavy atom. The van der Waals surface area contributed by atoms with Crippen molar-refractivity contribution in [3.05, 3.63) is 0 Å². The summed E-state index contributed by atoms with van der Waals surface area (Å²) in [6, 6.07) is 0.728. The molecule has 1 saturated heterocycles. The van der Waals surface area contributed by atoms with E-state index in [1.165, 1.54) is 32.1 Å². The van der Waals surface area contributed by atoms with Crippen LogP contribution in [0.5, 0.6) is 0 Å². The predicted octanol–water partition coefficient (Wildman–Crippen LogP) is 2.68. The fraction of sp³-hybridized carbons (Fsp3) is 0.933. The van der Waals surface area contributed by atoms with Crippen molar-refractivity contribution < 1.29 is 9.53 Å². The van der Waals surface area contributed by atoms with Crippen molar-refractivity contribution >= 4 is 6.09 Å². The first-order chi connectivity index (χ1) is 8.94. The Bertz CT molecular complexity index is 312. The lowest BCUT2D eigenvalue weighted by Crippen LogP contribution is -2.49. The van der Waals surface area contributed by atoms with Crippen LogP contribution in [0.1, 0.15) is 52.9 Å². The van der Waals surface area contributed by atoms with E-state index >= 15 is 0 Å². The number of hydrogen-bond acceptors (Lipinski definition) is 3. The van der Waals surface area contributed by atoms with Gasteiger partial charge >= 0.3 is 6.09 Å². The molecule has 19 heavy (non-hydrogen) atoms. The summed E-state index contributed by atoms with van der Waals surface area (Å²) >= 11 is 0. The highest BCUT2D eigenvalue weighted by Gasteiger charge is 2.32. The highest BCUT2D eigenvalue weighted by molar-refractivity contribution is 5.67. The van der Waals surface area contributed by atoms with Gasteiger partial charge in [0.2, 0.25) is 0 Å². The lowest BCUT2D eigenvalue weighted by molar-refractivity contribution is 0.0508. The summed E-state index contributed by atoms with van der Waals surface area (Å²) in [5, 5.41) is 6.55. The highest BCUT2D eigenvalue weighted by Crippen LogP contribution is 2.32. The number of hydrogen-bond donors (Lipinski definition) is 2. The second-order valence-corrected chi connectivity index (χ2v) is 7.04. The van der Waals surface area contributed by atoms with Gasteiger partial charge in [-0.1, -0.05) is 12.8 Å². The van der Waals surface area contributed by atoms with E-state index in [0.717, 1.165) is 25.0 Å². The zero-order valence-electron chi connectivity index (χ0n) is 12.5. The van der Waals surface area contributed by atoms with Gasteiger partial charge in [-0.2, -0.15) is 0 Å². The molecular formula is C15H28N2O2. The zero-order chi connectivity index (χ0) is 13.9. The van der Waals surface area contributed by atoms with Gasteiger partial charge in [0, 0.05) is 12.6 Å². The SMILES string of the molecule is CC(C)(C)OC(=O)NC[C@@H]1CN[C@@H]2CCCC[C@@H]2C1. The van der Waals surface area contributed by atoms with Crippen molar-refractivity contribution in [2.24, 2.45) is 11.8 Å². The highest BCUT2D eigenvalue weighted by atomic mass is 16.6. The van der Waals surface area contributed by atoms with E-state index < -0.39 is 5.60 Å². The lowest BCUT2D eigenvalue weighted by Gasteiger charge is -2.40. The third-order valence-corrected chi connectivity index (χ3v) is 4.15. The maximum absolute atomic E-state index is 11.6. The number of amides is 1. The second-order valence-electron chi connectivity index (χ2n) is 7.04. The van der Waals surface area contributed by atoms with Crippen LogP contribution in [0.15, 0.2) is 0 Å². The van der Waals surface area contributed by atoms with Gasteiger partial charge in [-0.25, -0.2) is 4.79 Å². The van der Waals surface area contributed by atoms with Crippen LogP contribution in [0, 0.1) is 11.8 Å². The minimum absolute atomic E-state index is 0.293. The maximum Gasteiger partial charge on any atom is 0.407 e. The molecule has 0 aromatic heterocycles. The molecular weight excluding hydrogens is 240 g/mol. The summed E-state index contributed by atoms with van der Waals surface area (Å²) in [5.74, 6) is 1.36. The number of piperidine rings is 1. The smallest absolute Gasteiger partial charge is 0.407 e. The standard InChI is InChI=1S/C15H28N2O2/c1-15(2,3)19-14(18)17-10-11-8-12-6-4-5-7-13(12)16-9-11/h11-13,16H,4-10H2,1-3H3,(H,17,18)/t11-,12+,13+/m0/s1. The molecule has 0 aromatic rings. The number of nitrogens with one attached hydrogen (secondary N) is 2. The number of ether oxygens (including phenoxy) is 1. The Morgan fingerprint density at radius 3 is 2.79 bits per heavy atom. The molecule has 110 valence electrons. The van der Waals surface area contributed by atoms with Crippen LogP contribution in [0.2, 0.25) is 0 Å². The van der Waals surface area contributed by atoms with Gasteiger partial charge in [-0.05, 0) is 58.4 Å². The van der Waals surface area contributed by atoms with Gasteiger partial charge < -0.3 is 15.4 Å². The molecule has 2 rings (SSSR count). The van der Waals surface area contributed by atoms with Gasteiger partial charge in [-0.15, -0.1) is 0 Å². The number of fused-ring (bicyclic) bond motifs is 1. The zero-order valence-corrected chi connectivity index (χ0v) is 12.5. The minimum atomic E-state index is -0.413. The lowest BCUT2D eigenvalue weighted by atomic mass is 9.76. The third kappa shape index (κ3) is 4.68. The monoisotopic (exact) mass is 268 g/mol. The Hall–Kier alpha value is -0.770. The summed E-state index contributed by atoms with van der Waals surface area (Å²) in [7, 11) is 0. The molecule has 1 aliphatic heterocycles. The van der Waals surface area contributed by atoms with Crippen LogP contribution < -0.4 is 10.6 Å². The Kier molecular flexibility index (Phi) is 4.71. The van der Waals surface area contributed by atoms with Crippen LogP contribution in [0.25, 0.3) is 0 Å². The molecule has 2 aliphatic rings. The quantitative estimate of drug-likeness (QED) is 0.809. The van der Waals surface area contributed by atoms with Gasteiger partial charge in [0.1, 0.15) is 5.60 Å². The molecule has 0 bridgehead atoms. The largest absolute Gasteiger partial charge is 0.444 e. The first-order valence-electron chi connectivity index (χ1n) is 7.64. The molecule has 3 atom stereocenters. The van der Waals surface area contributed by atoms with Gasteiger partial charge in [-0.3, -0.25) is 0 Å². The fourth-order valence-electron chi connectivity index (χ4n) is 3.29. The number of carbonyl (C=O) groups excluding carboxylic acids is 1. The number of alkyl carbamates (subject to hydrolysis) is 1. The number of carbonyl (C=O) groups is 1. The summed E-state index contributed by atoms with van der Waals surface area (Å²) < 4.78 is 5.26. The summed E-state index contributed by atoms with van der Waals surface area (Å²) in [6.07, 6.45) is 6.37. The van der Waals surface area contributed by atoms with E-state index in [4.69, 9.17) is 4.74 Å². The van der Waals surface area contributed by atoms with Crippen molar-refractivity contribution in [1.82, 2.24) is 10.6 Å². The Morgan fingerprint density at radius 2 is 2.05 bits per heavy atom. The second kappa shape index (κ2) is 6.12. The van der Waals surface area contributed by atoms with E-state index in [1.54, 1.807) is 0 Å². The molecule has 0 radical (unpaired) electrons. The van der Waals surface area contributed by atoms with E-state index in [9.17, 15) is 4.79 Å². The molecule has 1 amide bonds. The molecule has 1 saturated carbocycles. The van der Waals surface area contributed by atoms with Crippen LogP contribution in [0.4, 0.5) is 4.79 Å². The molecule has 4 nitrogen and oxygen atoms in total. The van der Waals surface area contributed by atoms with Gasteiger partial charge in [0.25, 0.3) is 0 Å². The van der Waals surface area contributed by atoms with Crippen molar-refractivity contribution in [2.75, 3.05) is 13.1 Å². The third-order valence-electron chi connectivity index (χ3n) is 4.15. The van der Waals surface area contributed by atoms with Gasteiger partial charge in [0.15, 0.2) is 0 Å². The first-order valence-corrected chi connectivity index (χ1v) is 7.64. The topological polar surface area (TPSA) is 50.4 Å². The van der Waals surface area contributed by atoms with Crippen LogP contribution >= 0.6 is 0 Å². The Balaban J connectivity index is 1.70. The first kappa shape index (κ1) is 14.6. The van der Waals surface area contributed by atoms with E-state index in [1.807, 2.05) is 20.8 Å². The van der Waals surface area contributed by atoms with Crippen LogP contribution in [-0.4, -0.2) is 30.8 Å². The summed E-state index contributed by atoms with van der Waals surface area (Å²) in [5.41, 5.74) is -0.413. The molecule has 2 fully saturated rings. The molecule has 1 aliphatic carbocycles. The van der Waals surface area contributed by atoms with Crippen molar-refractivity contribution in [2.45, 2.75) is 64.5 Å². The maximum atomic E-state index is 11.6. The summed E-state index contributed by atoms with van der Waals surface area (Å²) in [6.45, 7) is 7.42.